The Labute approximate surface area is 129 Å². The van der Waals surface area contributed by atoms with Crippen LogP contribution >= 0.6 is 12.2 Å². The zero-order valence-corrected chi connectivity index (χ0v) is 12.7. The molecule has 1 aromatic carbocycles. The zero-order valence-electron chi connectivity index (χ0n) is 11.8. The summed E-state index contributed by atoms with van der Waals surface area (Å²) in [5, 5.41) is 2.77. The van der Waals surface area contributed by atoms with Gasteiger partial charge in [-0.1, -0.05) is 12.2 Å². The Kier molecular flexibility index (Phi) is 6.10. The third-order valence-electron chi connectivity index (χ3n) is 3.38. The molecular weight excluding hydrogens is 288 g/mol. The van der Waals surface area contributed by atoms with Crippen molar-refractivity contribution in [3.05, 3.63) is 29.8 Å². The predicted molar refractivity (Wildman–Crippen MR) is 85.3 cm³/mol. The third kappa shape index (κ3) is 5.41. The molecule has 1 aliphatic heterocycles. The second kappa shape index (κ2) is 8.07. The van der Waals surface area contributed by atoms with E-state index in [1.165, 1.54) is 0 Å². The molecule has 1 saturated heterocycles. The lowest BCUT2D eigenvalue weighted by atomic mass is 10.0. The Morgan fingerprint density at radius 3 is 2.62 bits per heavy atom. The SMILES string of the molecule is NC(=S)c1ccc(NC(=O)COCC2CCOCC2)cc1. The molecule has 1 aliphatic rings. The lowest BCUT2D eigenvalue weighted by molar-refractivity contribution is -0.121. The van der Waals surface area contributed by atoms with Crippen LogP contribution in [0.15, 0.2) is 24.3 Å². The fraction of sp³-hybridized carbons (Fsp3) is 0.467. The fourth-order valence-electron chi connectivity index (χ4n) is 2.15. The molecule has 0 spiro atoms. The third-order valence-corrected chi connectivity index (χ3v) is 3.62. The summed E-state index contributed by atoms with van der Waals surface area (Å²) in [6, 6.07) is 7.09. The smallest absolute Gasteiger partial charge is 0.250 e. The molecule has 0 saturated carbocycles. The largest absolute Gasteiger partial charge is 0.389 e. The maximum absolute atomic E-state index is 11.8. The van der Waals surface area contributed by atoms with Crippen molar-refractivity contribution in [3.63, 3.8) is 0 Å². The van der Waals surface area contributed by atoms with E-state index < -0.39 is 0 Å². The minimum absolute atomic E-state index is 0.0639. The van der Waals surface area contributed by atoms with Crippen molar-refractivity contribution in [1.82, 2.24) is 0 Å². The summed E-state index contributed by atoms with van der Waals surface area (Å²) in [5.41, 5.74) is 7.00. The van der Waals surface area contributed by atoms with E-state index in [-0.39, 0.29) is 12.5 Å². The van der Waals surface area contributed by atoms with Crippen molar-refractivity contribution >= 4 is 28.8 Å². The van der Waals surface area contributed by atoms with Crippen LogP contribution in [0.25, 0.3) is 0 Å². The summed E-state index contributed by atoms with van der Waals surface area (Å²) < 4.78 is 10.7. The van der Waals surface area contributed by atoms with Crippen molar-refractivity contribution in [3.8, 4) is 0 Å². The molecule has 114 valence electrons. The lowest BCUT2D eigenvalue weighted by Gasteiger charge is -2.21. The fourth-order valence-corrected chi connectivity index (χ4v) is 2.28. The van der Waals surface area contributed by atoms with Gasteiger partial charge in [-0.15, -0.1) is 0 Å². The lowest BCUT2D eigenvalue weighted by Crippen LogP contribution is -2.24. The van der Waals surface area contributed by atoms with E-state index in [4.69, 9.17) is 27.4 Å². The van der Waals surface area contributed by atoms with Crippen molar-refractivity contribution in [2.75, 3.05) is 31.7 Å². The quantitative estimate of drug-likeness (QED) is 0.783. The van der Waals surface area contributed by atoms with Gasteiger partial charge in [0, 0.05) is 24.5 Å². The molecule has 6 heteroatoms. The van der Waals surface area contributed by atoms with Crippen LogP contribution < -0.4 is 11.1 Å². The summed E-state index contributed by atoms with van der Waals surface area (Å²) in [7, 11) is 0. The first-order valence-electron chi connectivity index (χ1n) is 7.00. The highest BCUT2D eigenvalue weighted by Crippen LogP contribution is 2.14. The van der Waals surface area contributed by atoms with Crippen molar-refractivity contribution in [2.24, 2.45) is 11.7 Å². The van der Waals surface area contributed by atoms with Gasteiger partial charge in [0.2, 0.25) is 5.91 Å². The first-order valence-corrected chi connectivity index (χ1v) is 7.41. The number of hydrogen-bond donors (Lipinski definition) is 2. The van der Waals surface area contributed by atoms with Crippen LogP contribution in [0.1, 0.15) is 18.4 Å². The first-order chi connectivity index (χ1) is 10.1. The Morgan fingerprint density at radius 1 is 1.33 bits per heavy atom. The normalized spacial score (nSPS) is 15.6. The topological polar surface area (TPSA) is 73.6 Å². The molecule has 3 N–H and O–H groups in total. The van der Waals surface area contributed by atoms with Crippen molar-refractivity contribution in [2.45, 2.75) is 12.8 Å². The Morgan fingerprint density at radius 2 is 2.00 bits per heavy atom. The molecule has 0 atom stereocenters. The van der Waals surface area contributed by atoms with Crippen LogP contribution in [-0.2, 0) is 14.3 Å². The molecular formula is C15H20N2O3S. The monoisotopic (exact) mass is 308 g/mol. The number of nitrogens with two attached hydrogens (primary N) is 1. The number of carbonyl (C=O) groups is 1. The summed E-state index contributed by atoms with van der Waals surface area (Å²) in [5.74, 6) is 0.335. The van der Waals surface area contributed by atoms with Crippen LogP contribution in [0.5, 0.6) is 0 Å². The Bertz CT molecular complexity index is 484. The van der Waals surface area contributed by atoms with Crippen molar-refractivity contribution < 1.29 is 14.3 Å². The van der Waals surface area contributed by atoms with Gasteiger partial charge in [0.05, 0.1) is 6.61 Å². The molecule has 21 heavy (non-hydrogen) atoms. The van der Waals surface area contributed by atoms with Gasteiger partial charge < -0.3 is 20.5 Å². The number of hydrogen-bond acceptors (Lipinski definition) is 4. The van der Waals surface area contributed by atoms with Crippen LogP contribution in [0.4, 0.5) is 5.69 Å². The highest BCUT2D eigenvalue weighted by Gasteiger charge is 2.14. The van der Waals surface area contributed by atoms with Gasteiger partial charge in [-0.2, -0.15) is 0 Å². The van der Waals surface area contributed by atoms with Gasteiger partial charge in [0.15, 0.2) is 0 Å². The van der Waals surface area contributed by atoms with Gasteiger partial charge in [-0.25, -0.2) is 0 Å². The van der Waals surface area contributed by atoms with Gasteiger partial charge in [0.1, 0.15) is 11.6 Å². The molecule has 5 nitrogen and oxygen atoms in total. The predicted octanol–water partition coefficient (Wildman–Crippen LogP) is 1.70. The van der Waals surface area contributed by atoms with Gasteiger partial charge >= 0.3 is 0 Å². The number of thiocarbonyl (C=S) groups is 1. The summed E-state index contributed by atoms with van der Waals surface area (Å²) in [4.78, 5) is 12.1. The number of amides is 1. The average Bonchev–Trinajstić information content (AvgIpc) is 2.49. The molecule has 1 fully saturated rings. The highest BCUT2D eigenvalue weighted by atomic mass is 32.1. The van der Waals surface area contributed by atoms with Crippen molar-refractivity contribution in [1.29, 1.82) is 0 Å². The average molecular weight is 308 g/mol. The maximum atomic E-state index is 11.8. The second-order valence-electron chi connectivity index (χ2n) is 5.06. The van der Waals surface area contributed by atoms with E-state index in [0.717, 1.165) is 31.6 Å². The molecule has 0 bridgehead atoms. The van der Waals surface area contributed by atoms with E-state index in [1.54, 1.807) is 24.3 Å². The molecule has 1 amide bonds. The number of anilines is 1. The van der Waals surface area contributed by atoms with Crippen LogP contribution in [0, 0.1) is 5.92 Å². The highest BCUT2D eigenvalue weighted by molar-refractivity contribution is 7.80. The number of benzene rings is 1. The van der Waals surface area contributed by atoms with E-state index in [9.17, 15) is 4.79 Å². The molecule has 0 radical (unpaired) electrons. The van der Waals surface area contributed by atoms with E-state index >= 15 is 0 Å². The number of rotatable bonds is 6. The van der Waals surface area contributed by atoms with Crippen LogP contribution in [0.3, 0.4) is 0 Å². The first kappa shape index (κ1) is 15.9. The number of carbonyl (C=O) groups excluding carboxylic acids is 1. The number of ether oxygens (including phenoxy) is 2. The minimum atomic E-state index is -0.162. The Balaban J connectivity index is 1.70. The second-order valence-corrected chi connectivity index (χ2v) is 5.50. The number of nitrogens with one attached hydrogen (secondary N) is 1. The molecule has 0 unspecified atom stereocenters. The molecule has 0 aliphatic carbocycles. The molecule has 1 heterocycles. The zero-order chi connectivity index (χ0) is 15.1. The Hall–Kier alpha value is -1.50. The standard InChI is InChI=1S/C15H20N2O3S/c16-15(21)12-1-3-13(4-2-12)17-14(18)10-20-9-11-5-7-19-8-6-11/h1-4,11H,5-10H2,(H2,16,21)(H,17,18). The maximum Gasteiger partial charge on any atom is 0.250 e. The summed E-state index contributed by atoms with van der Waals surface area (Å²) in [6.45, 7) is 2.25. The molecule has 0 aromatic heterocycles. The molecule has 2 rings (SSSR count). The van der Waals surface area contributed by atoms with E-state index in [0.29, 0.717) is 23.2 Å². The van der Waals surface area contributed by atoms with E-state index in [2.05, 4.69) is 5.32 Å². The van der Waals surface area contributed by atoms with E-state index in [1.807, 2.05) is 0 Å². The van der Waals surface area contributed by atoms with Crippen LogP contribution in [0.2, 0.25) is 0 Å². The van der Waals surface area contributed by atoms with Crippen LogP contribution in [-0.4, -0.2) is 37.3 Å². The minimum Gasteiger partial charge on any atom is -0.389 e. The molecule has 1 aromatic rings. The van der Waals surface area contributed by atoms with Gasteiger partial charge in [0.25, 0.3) is 0 Å². The van der Waals surface area contributed by atoms with Gasteiger partial charge in [-0.3, -0.25) is 4.79 Å². The summed E-state index contributed by atoms with van der Waals surface area (Å²) in [6.07, 6.45) is 2.00. The summed E-state index contributed by atoms with van der Waals surface area (Å²) >= 11 is 4.87. The van der Waals surface area contributed by atoms with Gasteiger partial charge in [-0.05, 0) is 43.0 Å².